The molecule has 0 amide bonds. The van der Waals surface area contributed by atoms with Crippen LogP contribution < -0.4 is 5.43 Å². The Bertz CT molecular complexity index is 860. The summed E-state index contributed by atoms with van der Waals surface area (Å²) in [6.07, 6.45) is 1.36. The number of phenolic OH excluding ortho intramolecular Hbond substituents is 3. The van der Waals surface area contributed by atoms with Gasteiger partial charge in [-0.15, -0.1) is 0 Å². The molecule has 3 aromatic carbocycles. The summed E-state index contributed by atoms with van der Waals surface area (Å²) in [5.41, 5.74) is 3.96. The lowest BCUT2D eigenvalue weighted by Crippen LogP contribution is -1.91. The van der Waals surface area contributed by atoms with Gasteiger partial charge in [0, 0.05) is 5.56 Å². The number of hydrogen-bond donors (Lipinski definition) is 4. The molecule has 110 valence electrons. The van der Waals surface area contributed by atoms with Gasteiger partial charge in [-0.05, 0) is 35.0 Å². The van der Waals surface area contributed by atoms with E-state index in [1.54, 1.807) is 0 Å². The van der Waals surface area contributed by atoms with Gasteiger partial charge < -0.3 is 15.3 Å². The smallest absolute Gasteiger partial charge is 0.200 e. The van der Waals surface area contributed by atoms with E-state index in [-0.39, 0.29) is 5.75 Å². The first-order valence-corrected chi connectivity index (χ1v) is 6.67. The lowest BCUT2D eigenvalue weighted by molar-refractivity contribution is 0.367. The molecule has 0 aliphatic rings. The topological polar surface area (TPSA) is 85.1 Å². The van der Waals surface area contributed by atoms with E-state index in [0.717, 1.165) is 16.5 Å². The molecule has 0 spiro atoms. The Kier molecular flexibility index (Phi) is 3.53. The number of hydrazone groups is 1. The van der Waals surface area contributed by atoms with Gasteiger partial charge in [-0.25, -0.2) is 0 Å². The second kappa shape index (κ2) is 5.65. The SMILES string of the molecule is Oc1ccc(C=NNc2ccc3ccccc3c2)c(O)c1O. The third kappa shape index (κ3) is 2.64. The normalized spacial score (nSPS) is 11.1. The Labute approximate surface area is 126 Å². The van der Waals surface area contributed by atoms with Crippen LogP contribution in [-0.2, 0) is 0 Å². The number of fused-ring (bicyclic) bond motifs is 1. The molecule has 0 atom stereocenters. The minimum Gasteiger partial charge on any atom is -0.504 e. The van der Waals surface area contributed by atoms with Gasteiger partial charge in [0.05, 0.1) is 11.9 Å². The second-order valence-corrected chi connectivity index (χ2v) is 4.80. The molecule has 5 heteroatoms. The van der Waals surface area contributed by atoms with E-state index in [1.165, 1.54) is 18.3 Å². The summed E-state index contributed by atoms with van der Waals surface area (Å²) in [5, 5.41) is 34.6. The molecule has 0 bridgehead atoms. The fourth-order valence-corrected chi connectivity index (χ4v) is 2.12. The van der Waals surface area contributed by atoms with Gasteiger partial charge in [0.25, 0.3) is 0 Å². The van der Waals surface area contributed by atoms with E-state index in [4.69, 9.17) is 0 Å². The minimum atomic E-state index is -0.561. The van der Waals surface area contributed by atoms with Crippen molar-refractivity contribution in [2.75, 3.05) is 5.43 Å². The van der Waals surface area contributed by atoms with Crippen LogP contribution in [-0.4, -0.2) is 21.5 Å². The van der Waals surface area contributed by atoms with Crippen LogP contribution in [0.4, 0.5) is 5.69 Å². The molecule has 0 aliphatic carbocycles. The largest absolute Gasteiger partial charge is 0.504 e. The van der Waals surface area contributed by atoms with Crippen LogP contribution in [0.2, 0.25) is 0 Å². The molecule has 5 nitrogen and oxygen atoms in total. The van der Waals surface area contributed by atoms with E-state index >= 15 is 0 Å². The van der Waals surface area contributed by atoms with Gasteiger partial charge in [-0.1, -0.05) is 30.3 Å². The first-order valence-electron chi connectivity index (χ1n) is 6.67. The number of anilines is 1. The van der Waals surface area contributed by atoms with Crippen molar-refractivity contribution in [3.05, 3.63) is 60.2 Å². The summed E-state index contributed by atoms with van der Waals surface area (Å²) in [7, 11) is 0. The Hall–Kier alpha value is -3.21. The van der Waals surface area contributed by atoms with Crippen LogP contribution in [0.1, 0.15) is 5.56 Å². The average Bonchev–Trinajstić information content (AvgIpc) is 2.55. The maximum Gasteiger partial charge on any atom is 0.200 e. The highest BCUT2D eigenvalue weighted by Crippen LogP contribution is 2.36. The van der Waals surface area contributed by atoms with Crippen molar-refractivity contribution in [3.63, 3.8) is 0 Å². The maximum absolute atomic E-state index is 9.69. The molecule has 0 saturated carbocycles. The Morgan fingerprint density at radius 3 is 2.41 bits per heavy atom. The monoisotopic (exact) mass is 294 g/mol. The zero-order valence-electron chi connectivity index (χ0n) is 11.6. The number of phenols is 3. The zero-order chi connectivity index (χ0) is 15.5. The maximum atomic E-state index is 9.69. The van der Waals surface area contributed by atoms with Crippen LogP contribution in [0.15, 0.2) is 59.7 Å². The van der Waals surface area contributed by atoms with Crippen molar-refractivity contribution in [2.24, 2.45) is 5.10 Å². The molecule has 22 heavy (non-hydrogen) atoms. The number of benzene rings is 3. The summed E-state index contributed by atoms with van der Waals surface area (Å²) < 4.78 is 0. The van der Waals surface area contributed by atoms with E-state index in [1.807, 2.05) is 42.5 Å². The highest BCUT2D eigenvalue weighted by atomic mass is 16.3. The van der Waals surface area contributed by atoms with Crippen molar-refractivity contribution in [1.82, 2.24) is 0 Å². The molecule has 4 N–H and O–H groups in total. The first kappa shape index (κ1) is 13.8. The molecule has 0 aromatic heterocycles. The Morgan fingerprint density at radius 2 is 1.59 bits per heavy atom. The second-order valence-electron chi connectivity index (χ2n) is 4.80. The van der Waals surface area contributed by atoms with Crippen molar-refractivity contribution in [2.45, 2.75) is 0 Å². The molecular formula is C17H14N2O3. The van der Waals surface area contributed by atoms with Crippen LogP contribution in [0, 0.1) is 0 Å². The van der Waals surface area contributed by atoms with Crippen LogP contribution in [0.5, 0.6) is 17.2 Å². The average molecular weight is 294 g/mol. The number of nitrogens with zero attached hydrogens (tertiary/aromatic N) is 1. The summed E-state index contributed by atoms with van der Waals surface area (Å²) in [4.78, 5) is 0. The number of hydrogen-bond acceptors (Lipinski definition) is 5. The molecule has 0 heterocycles. The molecule has 0 fully saturated rings. The van der Waals surface area contributed by atoms with E-state index in [2.05, 4.69) is 10.5 Å². The predicted octanol–water partition coefficient (Wildman–Crippen LogP) is 3.40. The number of nitrogens with one attached hydrogen (secondary N) is 1. The van der Waals surface area contributed by atoms with E-state index < -0.39 is 11.5 Å². The van der Waals surface area contributed by atoms with Crippen molar-refractivity contribution in [1.29, 1.82) is 0 Å². The Balaban J connectivity index is 1.80. The fourth-order valence-electron chi connectivity index (χ4n) is 2.12. The van der Waals surface area contributed by atoms with Crippen LogP contribution in [0.25, 0.3) is 10.8 Å². The van der Waals surface area contributed by atoms with Gasteiger partial charge in [-0.2, -0.15) is 5.10 Å². The van der Waals surface area contributed by atoms with Crippen LogP contribution >= 0.6 is 0 Å². The lowest BCUT2D eigenvalue weighted by Gasteiger charge is -2.04. The standard InChI is InChI=1S/C17H14N2O3/c20-15-8-6-13(16(21)17(15)22)10-18-19-14-7-5-11-3-1-2-4-12(11)9-14/h1-10,19-22H. The Morgan fingerprint density at radius 1 is 0.818 bits per heavy atom. The fraction of sp³-hybridized carbons (Fsp3) is 0. The quantitative estimate of drug-likeness (QED) is 0.339. The number of rotatable bonds is 3. The third-order valence-electron chi connectivity index (χ3n) is 3.31. The van der Waals surface area contributed by atoms with Crippen molar-refractivity contribution < 1.29 is 15.3 Å². The molecule has 0 radical (unpaired) electrons. The summed E-state index contributed by atoms with van der Waals surface area (Å²) in [6.45, 7) is 0. The van der Waals surface area contributed by atoms with Crippen LogP contribution in [0.3, 0.4) is 0 Å². The van der Waals surface area contributed by atoms with Gasteiger partial charge >= 0.3 is 0 Å². The van der Waals surface area contributed by atoms with E-state index in [9.17, 15) is 15.3 Å². The van der Waals surface area contributed by atoms with Crippen molar-refractivity contribution >= 4 is 22.7 Å². The minimum absolute atomic E-state index is 0.295. The summed E-state index contributed by atoms with van der Waals surface area (Å²) in [5.74, 6) is -1.35. The first-order chi connectivity index (χ1) is 10.6. The third-order valence-corrected chi connectivity index (χ3v) is 3.31. The van der Waals surface area contributed by atoms with E-state index in [0.29, 0.717) is 5.56 Å². The lowest BCUT2D eigenvalue weighted by atomic mass is 10.1. The predicted molar refractivity (Wildman–Crippen MR) is 86.6 cm³/mol. The van der Waals surface area contributed by atoms with Crippen molar-refractivity contribution in [3.8, 4) is 17.2 Å². The molecule has 0 saturated heterocycles. The highest BCUT2D eigenvalue weighted by molar-refractivity contribution is 5.87. The number of aromatic hydroxyl groups is 3. The highest BCUT2D eigenvalue weighted by Gasteiger charge is 2.08. The molecule has 3 aromatic rings. The molecular weight excluding hydrogens is 280 g/mol. The molecule has 0 aliphatic heterocycles. The molecule has 3 rings (SSSR count). The zero-order valence-corrected chi connectivity index (χ0v) is 11.6. The van der Waals surface area contributed by atoms with Gasteiger partial charge in [-0.3, -0.25) is 5.43 Å². The van der Waals surface area contributed by atoms with Gasteiger partial charge in [0.1, 0.15) is 0 Å². The molecule has 0 unspecified atom stereocenters. The summed E-state index contributed by atoms with van der Waals surface area (Å²) in [6, 6.07) is 16.6. The van der Waals surface area contributed by atoms with Gasteiger partial charge in [0.15, 0.2) is 11.5 Å². The van der Waals surface area contributed by atoms with Gasteiger partial charge in [0.2, 0.25) is 5.75 Å². The summed E-state index contributed by atoms with van der Waals surface area (Å²) >= 11 is 0.